The van der Waals surface area contributed by atoms with E-state index >= 15 is 0 Å². The summed E-state index contributed by atoms with van der Waals surface area (Å²) < 4.78 is 21.8. The summed E-state index contributed by atoms with van der Waals surface area (Å²) in [7, 11) is 0. The molecule has 4 rings (SSSR count). The molecule has 0 saturated heterocycles. The van der Waals surface area contributed by atoms with E-state index in [-0.39, 0.29) is 17.2 Å². The Balaban J connectivity index is 1.59. The van der Waals surface area contributed by atoms with Crippen LogP contribution in [0.3, 0.4) is 0 Å². The monoisotopic (exact) mass is 419 g/mol. The average molecular weight is 420 g/mol. The zero-order valence-corrected chi connectivity index (χ0v) is 17.9. The van der Waals surface area contributed by atoms with Gasteiger partial charge in [-0.2, -0.15) is 0 Å². The van der Waals surface area contributed by atoms with Crippen LogP contribution < -0.4 is 0 Å². The minimum absolute atomic E-state index is 0.119. The maximum atomic E-state index is 13.8. The van der Waals surface area contributed by atoms with Crippen molar-refractivity contribution in [1.29, 1.82) is 0 Å². The number of aryl methyl sites for hydroxylation is 1. The van der Waals surface area contributed by atoms with E-state index in [0.29, 0.717) is 25.3 Å². The molecule has 29 heavy (non-hydrogen) atoms. The van der Waals surface area contributed by atoms with Gasteiger partial charge in [-0.05, 0) is 64.2 Å². The Morgan fingerprint density at radius 3 is 2.72 bits per heavy atom. The first kappa shape index (κ1) is 20.2. The Hall–Kier alpha value is -2.08. The van der Waals surface area contributed by atoms with Crippen LogP contribution in [0.15, 0.2) is 24.4 Å². The van der Waals surface area contributed by atoms with Gasteiger partial charge in [-0.25, -0.2) is 14.2 Å². The van der Waals surface area contributed by atoms with E-state index in [2.05, 4.69) is 9.55 Å². The van der Waals surface area contributed by atoms with Gasteiger partial charge in [-0.15, -0.1) is 0 Å². The van der Waals surface area contributed by atoms with Crippen LogP contribution in [0.1, 0.15) is 69.1 Å². The van der Waals surface area contributed by atoms with Crippen molar-refractivity contribution in [2.24, 2.45) is 0 Å². The topological polar surface area (TPSA) is 47.4 Å². The van der Waals surface area contributed by atoms with Crippen molar-refractivity contribution in [3.05, 3.63) is 52.3 Å². The van der Waals surface area contributed by atoms with E-state index in [0.717, 1.165) is 23.6 Å². The highest BCUT2D eigenvalue weighted by Gasteiger charge is 2.37. The molecule has 156 valence electrons. The molecule has 1 fully saturated rings. The fourth-order valence-corrected chi connectivity index (χ4v) is 4.06. The van der Waals surface area contributed by atoms with Crippen LogP contribution in [0, 0.1) is 5.82 Å². The molecule has 1 aliphatic carbocycles. The van der Waals surface area contributed by atoms with Crippen molar-refractivity contribution in [3.8, 4) is 0 Å². The Bertz CT molecular complexity index is 917. The van der Waals surface area contributed by atoms with E-state index in [4.69, 9.17) is 16.3 Å². The number of rotatable bonds is 4. The average Bonchev–Trinajstić information content (AvgIpc) is 3.39. The Labute approximate surface area is 175 Å². The summed E-state index contributed by atoms with van der Waals surface area (Å²) in [5, 5.41) is 0.119. The summed E-state index contributed by atoms with van der Waals surface area (Å²) in [6.45, 7) is 6.92. The lowest BCUT2D eigenvalue weighted by atomic mass is 10.0. The molecule has 1 unspecified atom stereocenters. The molecule has 1 amide bonds. The summed E-state index contributed by atoms with van der Waals surface area (Å²) in [5.41, 5.74) is 1.34. The van der Waals surface area contributed by atoms with Gasteiger partial charge in [0.1, 0.15) is 17.2 Å². The van der Waals surface area contributed by atoms with Gasteiger partial charge in [0, 0.05) is 19.0 Å². The van der Waals surface area contributed by atoms with Crippen LogP contribution in [0.25, 0.3) is 0 Å². The third-order valence-corrected chi connectivity index (χ3v) is 5.77. The lowest BCUT2D eigenvalue weighted by Crippen LogP contribution is -2.44. The summed E-state index contributed by atoms with van der Waals surface area (Å²) in [5.74, 6) is 1.26. The largest absolute Gasteiger partial charge is 0.444 e. The number of amides is 1. The van der Waals surface area contributed by atoms with Crippen LogP contribution >= 0.6 is 11.6 Å². The third kappa shape index (κ3) is 4.42. The SMILES string of the molecule is CC(C)(C)OC(=O)N1CCn2c(cnc2C2CC2)C1CCc1ccc(Cl)c(F)c1. The van der Waals surface area contributed by atoms with E-state index in [1.165, 1.54) is 18.9 Å². The number of benzene rings is 1. The summed E-state index contributed by atoms with van der Waals surface area (Å²) in [4.78, 5) is 19.4. The number of ether oxygens (including phenoxy) is 1. The van der Waals surface area contributed by atoms with Gasteiger partial charge < -0.3 is 9.30 Å². The third-order valence-electron chi connectivity index (χ3n) is 5.46. The predicted octanol–water partition coefficient (Wildman–Crippen LogP) is 5.48. The number of carbonyl (C=O) groups is 1. The van der Waals surface area contributed by atoms with Crippen molar-refractivity contribution in [1.82, 2.24) is 14.5 Å². The summed E-state index contributed by atoms with van der Waals surface area (Å²) in [6, 6.07) is 4.72. The standard InChI is InChI=1S/C22H27ClFN3O2/c1-22(2,3)29-21(28)27-11-10-26-19(13-25-20(26)15-6-7-15)18(27)9-5-14-4-8-16(23)17(24)12-14/h4,8,12-13,15,18H,5-7,9-11H2,1-3H3. The Kier molecular flexibility index (Phi) is 5.32. The van der Waals surface area contributed by atoms with Gasteiger partial charge in [0.05, 0.1) is 23.0 Å². The smallest absolute Gasteiger partial charge is 0.410 e. The molecular formula is C22H27ClFN3O2. The number of carbonyl (C=O) groups excluding carboxylic acids is 1. The number of halogens is 2. The second-order valence-electron chi connectivity index (χ2n) is 8.94. The molecule has 1 aromatic heterocycles. The van der Waals surface area contributed by atoms with E-state index < -0.39 is 11.4 Å². The highest BCUT2D eigenvalue weighted by molar-refractivity contribution is 6.30. The van der Waals surface area contributed by atoms with Gasteiger partial charge in [0.25, 0.3) is 0 Å². The molecule has 1 aliphatic heterocycles. The second kappa shape index (κ2) is 7.63. The molecule has 2 aromatic rings. The first-order valence-corrected chi connectivity index (χ1v) is 10.6. The molecule has 1 atom stereocenters. The molecule has 2 aliphatic rings. The van der Waals surface area contributed by atoms with Crippen molar-refractivity contribution < 1.29 is 13.9 Å². The predicted molar refractivity (Wildman–Crippen MR) is 110 cm³/mol. The van der Waals surface area contributed by atoms with Crippen LogP contribution in [0.5, 0.6) is 0 Å². The highest BCUT2D eigenvalue weighted by atomic mass is 35.5. The summed E-state index contributed by atoms with van der Waals surface area (Å²) in [6.07, 6.45) is 5.24. The number of aromatic nitrogens is 2. The summed E-state index contributed by atoms with van der Waals surface area (Å²) >= 11 is 5.80. The fourth-order valence-electron chi connectivity index (χ4n) is 3.95. The molecule has 1 aromatic carbocycles. The zero-order chi connectivity index (χ0) is 20.8. The maximum absolute atomic E-state index is 13.8. The molecule has 7 heteroatoms. The first-order chi connectivity index (χ1) is 13.7. The minimum atomic E-state index is -0.558. The number of hydrogen-bond donors (Lipinski definition) is 0. The molecule has 0 spiro atoms. The fraction of sp³-hybridized carbons (Fsp3) is 0.545. The molecular weight excluding hydrogens is 393 g/mol. The molecule has 0 radical (unpaired) electrons. The highest BCUT2D eigenvalue weighted by Crippen LogP contribution is 2.42. The van der Waals surface area contributed by atoms with Gasteiger partial charge in [-0.1, -0.05) is 17.7 Å². The number of hydrogen-bond acceptors (Lipinski definition) is 3. The normalized spacial score (nSPS) is 19.2. The molecule has 0 N–H and O–H groups in total. The second-order valence-corrected chi connectivity index (χ2v) is 9.35. The van der Waals surface area contributed by atoms with Gasteiger partial charge in [-0.3, -0.25) is 4.90 Å². The molecule has 0 bridgehead atoms. The molecule has 1 saturated carbocycles. The Morgan fingerprint density at radius 1 is 1.31 bits per heavy atom. The van der Waals surface area contributed by atoms with Crippen LogP contribution in [-0.4, -0.2) is 32.7 Å². The van der Waals surface area contributed by atoms with E-state index in [1.807, 2.05) is 33.0 Å². The van der Waals surface area contributed by atoms with Crippen LogP contribution in [0.4, 0.5) is 9.18 Å². The van der Waals surface area contributed by atoms with Crippen molar-refractivity contribution >= 4 is 17.7 Å². The minimum Gasteiger partial charge on any atom is -0.444 e. The van der Waals surface area contributed by atoms with E-state index in [9.17, 15) is 9.18 Å². The lowest BCUT2D eigenvalue weighted by Gasteiger charge is -2.38. The van der Waals surface area contributed by atoms with Crippen LogP contribution in [-0.2, 0) is 17.7 Å². The van der Waals surface area contributed by atoms with E-state index in [1.54, 1.807) is 11.0 Å². The Morgan fingerprint density at radius 2 is 2.07 bits per heavy atom. The molecule has 2 heterocycles. The number of nitrogens with zero attached hydrogens (tertiary/aromatic N) is 3. The number of fused-ring (bicyclic) bond motifs is 1. The van der Waals surface area contributed by atoms with Crippen molar-refractivity contribution in [2.45, 2.75) is 70.6 Å². The van der Waals surface area contributed by atoms with Crippen molar-refractivity contribution in [3.63, 3.8) is 0 Å². The van der Waals surface area contributed by atoms with Gasteiger partial charge in [0.2, 0.25) is 0 Å². The quantitative estimate of drug-likeness (QED) is 0.659. The van der Waals surface area contributed by atoms with Crippen molar-refractivity contribution in [2.75, 3.05) is 6.54 Å². The number of imidazole rings is 1. The lowest BCUT2D eigenvalue weighted by molar-refractivity contribution is 0.00946. The molecule has 5 nitrogen and oxygen atoms in total. The first-order valence-electron chi connectivity index (χ1n) is 10.2. The maximum Gasteiger partial charge on any atom is 0.410 e. The zero-order valence-electron chi connectivity index (χ0n) is 17.1. The van der Waals surface area contributed by atoms with Gasteiger partial charge >= 0.3 is 6.09 Å². The van der Waals surface area contributed by atoms with Gasteiger partial charge in [0.15, 0.2) is 0 Å². The van der Waals surface area contributed by atoms with Crippen LogP contribution in [0.2, 0.25) is 5.02 Å².